The molecule has 0 aliphatic heterocycles. The fourth-order valence-electron chi connectivity index (χ4n) is 0.905. The Kier molecular flexibility index (Phi) is 2.22. The number of hydrogen-bond donors (Lipinski definition) is 2. The molecule has 2 heterocycles. The fourth-order valence-corrected chi connectivity index (χ4v) is 0.905. The molecule has 0 atom stereocenters. The van der Waals surface area contributed by atoms with E-state index in [1.165, 1.54) is 18.8 Å². The summed E-state index contributed by atoms with van der Waals surface area (Å²) in [5, 5.41) is 6.46. The van der Waals surface area contributed by atoms with Crippen LogP contribution in [-0.4, -0.2) is 20.1 Å². The minimum absolute atomic E-state index is 0.212. The monoisotopic (exact) mass is 193 g/mol. The van der Waals surface area contributed by atoms with Gasteiger partial charge in [-0.25, -0.2) is 4.98 Å². The zero-order valence-corrected chi connectivity index (χ0v) is 7.10. The lowest BCUT2D eigenvalue weighted by Gasteiger charge is -1.99. The van der Waals surface area contributed by atoms with E-state index in [4.69, 9.17) is 0 Å². The van der Waals surface area contributed by atoms with Gasteiger partial charge in [-0.15, -0.1) is 0 Å². The van der Waals surface area contributed by atoms with Crippen LogP contribution in [0.4, 0.5) is 5.82 Å². The number of hydrogen-bond acceptors (Lipinski definition) is 6. The van der Waals surface area contributed by atoms with Gasteiger partial charge in [0.25, 0.3) is 5.56 Å². The van der Waals surface area contributed by atoms with E-state index in [1.54, 1.807) is 0 Å². The lowest BCUT2D eigenvalue weighted by atomic mass is 10.5. The number of H-pyrrole nitrogens is 1. The summed E-state index contributed by atoms with van der Waals surface area (Å²) in [5.41, 5.74) is -0.212. The van der Waals surface area contributed by atoms with Crippen molar-refractivity contribution >= 4 is 5.82 Å². The van der Waals surface area contributed by atoms with Crippen molar-refractivity contribution < 1.29 is 4.52 Å². The predicted octanol–water partition coefficient (Wildman–Crippen LogP) is -0.235. The molecule has 0 radical (unpaired) electrons. The first-order chi connectivity index (χ1) is 6.84. The van der Waals surface area contributed by atoms with Gasteiger partial charge in [0, 0.05) is 6.07 Å². The van der Waals surface area contributed by atoms with E-state index in [9.17, 15) is 4.79 Å². The van der Waals surface area contributed by atoms with Crippen molar-refractivity contribution in [1.29, 1.82) is 0 Å². The Hall–Kier alpha value is -2.18. The molecule has 7 heteroatoms. The first-order valence-corrected chi connectivity index (χ1v) is 3.88. The summed E-state index contributed by atoms with van der Waals surface area (Å²) >= 11 is 0. The van der Waals surface area contributed by atoms with Crippen LogP contribution >= 0.6 is 0 Å². The summed E-state index contributed by atoms with van der Waals surface area (Å²) in [6.07, 6.45) is 2.56. The first-order valence-electron chi connectivity index (χ1n) is 3.88. The van der Waals surface area contributed by atoms with Crippen LogP contribution < -0.4 is 10.9 Å². The van der Waals surface area contributed by atoms with Crippen molar-refractivity contribution in [3.63, 3.8) is 0 Å². The van der Waals surface area contributed by atoms with Gasteiger partial charge in [-0.2, -0.15) is 4.98 Å². The second-order valence-electron chi connectivity index (χ2n) is 2.50. The molecular formula is C7H7N5O2. The van der Waals surface area contributed by atoms with Gasteiger partial charge < -0.3 is 14.8 Å². The van der Waals surface area contributed by atoms with Crippen molar-refractivity contribution in [1.82, 2.24) is 20.1 Å². The summed E-state index contributed by atoms with van der Waals surface area (Å²) in [7, 11) is 0. The molecule has 0 amide bonds. The average molecular weight is 193 g/mol. The standard InChI is InChI=1S/C7H7N5O2/c13-7-1-5(9-3-10-7)8-2-6-11-4-14-12-6/h1,3-4H,2H2,(H2,8,9,10,13). The Bertz CT molecular complexity index is 449. The minimum atomic E-state index is -0.212. The van der Waals surface area contributed by atoms with Crippen LogP contribution in [0.2, 0.25) is 0 Å². The van der Waals surface area contributed by atoms with Gasteiger partial charge in [0.05, 0.1) is 12.9 Å². The molecule has 2 aromatic rings. The third kappa shape index (κ3) is 1.94. The molecule has 0 aliphatic rings. The van der Waals surface area contributed by atoms with Gasteiger partial charge in [-0.05, 0) is 0 Å². The highest BCUT2D eigenvalue weighted by Crippen LogP contribution is 1.97. The lowest BCUT2D eigenvalue weighted by Crippen LogP contribution is -2.09. The molecule has 14 heavy (non-hydrogen) atoms. The van der Waals surface area contributed by atoms with Crippen molar-refractivity contribution in [3.8, 4) is 0 Å². The number of aromatic nitrogens is 4. The molecule has 72 valence electrons. The van der Waals surface area contributed by atoms with Gasteiger partial charge in [-0.3, -0.25) is 4.79 Å². The number of aromatic amines is 1. The van der Waals surface area contributed by atoms with E-state index in [2.05, 4.69) is 29.9 Å². The van der Waals surface area contributed by atoms with Crippen LogP contribution in [-0.2, 0) is 6.54 Å². The zero-order chi connectivity index (χ0) is 9.80. The Morgan fingerprint density at radius 3 is 3.14 bits per heavy atom. The molecule has 0 aliphatic carbocycles. The van der Waals surface area contributed by atoms with Crippen molar-refractivity contribution in [3.05, 3.63) is 35.0 Å². The van der Waals surface area contributed by atoms with Crippen LogP contribution in [0.5, 0.6) is 0 Å². The molecule has 0 spiro atoms. The number of rotatable bonds is 3. The topological polar surface area (TPSA) is 96.7 Å². The van der Waals surface area contributed by atoms with Gasteiger partial charge in [0.1, 0.15) is 5.82 Å². The maximum atomic E-state index is 10.9. The molecule has 0 saturated carbocycles. The molecule has 7 nitrogen and oxygen atoms in total. The zero-order valence-electron chi connectivity index (χ0n) is 7.10. The number of nitrogens with one attached hydrogen (secondary N) is 2. The first kappa shape index (κ1) is 8.42. The molecule has 0 saturated heterocycles. The van der Waals surface area contributed by atoms with Gasteiger partial charge in [-0.1, -0.05) is 5.16 Å². The SMILES string of the molecule is O=c1cc(NCc2ncon2)nc[nH]1. The molecular weight excluding hydrogens is 186 g/mol. The molecule has 2 aromatic heterocycles. The summed E-state index contributed by atoms with van der Waals surface area (Å²) < 4.78 is 4.54. The summed E-state index contributed by atoms with van der Waals surface area (Å²) in [6.45, 7) is 0.368. The van der Waals surface area contributed by atoms with Crippen molar-refractivity contribution in [2.24, 2.45) is 0 Å². The van der Waals surface area contributed by atoms with E-state index in [1.807, 2.05) is 0 Å². The van der Waals surface area contributed by atoms with Crippen molar-refractivity contribution in [2.45, 2.75) is 6.54 Å². The van der Waals surface area contributed by atoms with Gasteiger partial charge >= 0.3 is 0 Å². The minimum Gasteiger partial charge on any atom is -0.362 e. The molecule has 0 fully saturated rings. The largest absolute Gasteiger partial charge is 0.362 e. The number of anilines is 1. The van der Waals surface area contributed by atoms with Gasteiger partial charge in [0.15, 0.2) is 5.82 Å². The van der Waals surface area contributed by atoms with E-state index >= 15 is 0 Å². The Labute approximate surface area is 78.2 Å². The van der Waals surface area contributed by atoms with E-state index in [-0.39, 0.29) is 5.56 Å². The molecule has 0 unspecified atom stereocenters. The molecule has 0 bridgehead atoms. The second kappa shape index (κ2) is 3.69. The third-order valence-electron chi connectivity index (χ3n) is 1.51. The van der Waals surface area contributed by atoms with Crippen LogP contribution in [0, 0.1) is 0 Å². The Morgan fingerprint density at radius 2 is 2.43 bits per heavy atom. The van der Waals surface area contributed by atoms with E-state index in [0.717, 1.165) is 0 Å². The van der Waals surface area contributed by atoms with Crippen LogP contribution in [0.3, 0.4) is 0 Å². The Balaban J connectivity index is 2.02. The second-order valence-corrected chi connectivity index (χ2v) is 2.50. The highest BCUT2D eigenvalue weighted by Gasteiger charge is 1.98. The number of nitrogens with zero attached hydrogens (tertiary/aromatic N) is 3. The van der Waals surface area contributed by atoms with E-state index < -0.39 is 0 Å². The normalized spacial score (nSPS) is 10.0. The summed E-state index contributed by atoms with van der Waals surface area (Å²) in [5.74, 6) is 0.977. The summed E-state index contributed by atoms with van der Waals surface area (Å²) in [4.78, 5) is 21.0. The Morgan fingerprint density at radius 1 is 1.50 bits per heavy atom. The van der Waals surface area contributed by atoms with Crippen molar-refractivity contribution in [2.75, 3.05) is 5.32 Å². The predicted molar refractivity (Wildman–Crippen MR) is 46.5 cm³/mol. The maximum Gasteiger partial charge on any atom is 0.252 e. The van der Waals surface area contributed by atoms with Gasteiger partial charge in [0.2, 0.25) is 6.39 Å². The molecule has 2 rings (SSSR count). The van der Waals surface area contributed by atoms with Crippen LogP contribution in [0.15, 0.2) is 28.1 Å². The highest BCUT2D eigenvalue weighted by atomic mass is 16.5. The molecule has 2 N–H and O–H groups in total. The lowest BCUT2D eigenvalue weighted by molar-refractivity contribution is 0.411. The highest BCUT2D eigenvalue weighted by molar-refractivity contribution is 5.31. The third-order valence-corrected chi connectivity index (χ3v) is 1.51. The fraction of sp³-hybridized carbons (Fsp3) is 0.143. The van der Waals surface area contributed by atoms with E-state index in [0.29, 0.717) is 18.2 Å². The summed E-state index contributed by atoms with van der Waals surface area (Å²) in [6, 6.07) is 1.35. The van der Waals surface area contributed by atoms with Crippen LogP contribution in [0.1, 0.15) is 5.82 Å². The molecule has 0 aromatic carbocycles. The average Bonchev–Trinajstić information content (AvgIpc) is 2.67. The quantitative estimate of drug-likeness (QED) is 0.698. The smallest absolute Gasteiger partial charge is 0.252 e. The van der Waals surface area contributed by atoms with Crippen LogP contribution in [0.25, 0.3) is 0 Å². The maximum absolute atomic E-state index is 10.9.